The van der Waals surface area contributed by atoms with Crippen LogP contribution < -0.4 is 14.4 Å². The second-order valence-electron chi connectivity index (χ2n) is 7.56. The quantitative estimate of drug-likeness (QED) is 0.328. The van der Waals surface area contributed by atoms with E-state index in [1.54, 1.807) is 0 Å². The Hall–Kier alpha value is -3.05. The zero-order chi connectivity index (χ0) is 22.5. The Morgan fingerprint density at radius 1 is 0.938 bits per heavy atom. The number of hydrogen-bond acceptors (Lipinski definition) is 3. The van der Waals surface area contributed by atoms with Gasteiger partial charge in [-0.1, -0.05) is 71.4 Å². The van der Waals surface area contributed by atoms with Gasteiger partial charge in [0, 0.05) is 22.2 Å². The molecule has 32 heavy (non-hydrogen) atoms. The molecule has 1 aliphatic rings. The predicted molar refractivity (Wildman–Crippen MR) is 133 cm³/mol. The summed E-state index contributed by atoms with van der Waals surface area (Å²) in [6.07, 6.45) is 2.84. The Bertz CT molecular complexity index is 1140. The standard InChI is InChI=1S/C27H26BrNO3/c1-3-14-29-24-13-9-8-12-21(24)22(27(29)30)15-20-16-25(31-4-2)26(17-23(20)28)32-18-19-10-6-5-7-11-19/h5-13,15-17H,3-4,14,18H2,1-2H3/b22-15-. The van der Waals surface area contributed by atoms with Gasteiger partial charge in [0.25, 0.3) is 5.91 Å². The third-order valence-corrected chi connectivity index (χ3v) is 5.99. The summed E-state index contributed by atoms with van der Waals surface area (Å²) < 4.78 is 12.8. The smallest absolute Gasteiger partial charge is 0.258 e. The van der Waals surface area contributed by atoms with Crippen LogP contribution in [0.5, 0.6) is 11.5 Å². The topological polar surface area (TPSA) is 38.8 Å². The summed E-state index contributed by atoms with van der Waals surface area (Å²) in [7, 11) is 0. The van der Waals surface area contributed by atoms with Gasteiger partial charge in [0.1, 0.15) is 6.61 Å². The van der Waals surface area contributed by atoms with E-state index >= 15 is 0 Å². The second-order valence-corrected chi connectivity index (χ2v) is 8.41. The largest absolute Gasteiger partial charge is 0.490 e. The summed E-state index contributed by atoms with van der Waals surface area (Å²) in [5.74, 6) is 1.35. The van der Waals surface area contributed by atoms with Gasteiger partial charge in [-0.15, -0.1) is 0 Å². The molecule has 3 aromatic carbocycles. The Balaban J connectivity index is 1.69. The molecule has 0 fully saturated rings. The molecule has 4 nitrogen and oxygen atoms in total. The number of anilines is 1. The van der Waals surface area contributed by atoms with E-state index in [-0.39, 0.29) is 5.91 Å². The third kappa shape index (κ3) is 4.58. The van der Waals surface area contributed by atoms with Gasteiger partial charge in [-0.05, 0) is 48.7 Å². The van der Waals surface area contributed by atoms with E-state index in [2.05, 4.69) is 22.9 Å². The number of fused-ring (bicyclic) bond motifs is 1. The lowest BCUT2D eigenvalue weighted by molar-refractivity contribution is -0.113. The molecule has 0 spiro atoms. The lowest BCUT2D eigenvalue weighted by Crippen LogP contribution is -2.26. The van der Waals surface area contributed by atoms with Crippen LogP contribution in [0.2, 0.25) is 0 Å². The lowest BCUT2D eigenvalue weighted by Gasteiger charge is -2.15. The predicted octanol–water partition coefficient (Wildman–Crippen LogP) is 6.72. The van der Waals surface area contributed by atoms with E-state index in [0.29, 0.717) is 36.8 Å². The molecule has 0 radical (unpaired) electrons. The summed E-state index contributed by atoms with van der Waals surface area (Å²) in [5.41, 5.74) is 4.57. The minimum atomic E-state index is 0.0299. The van der Waals surface area contributed by atoms with E-state index < -0.39 is 0 Å². The molecule has 0 unspecified atom stereocenters. The molecule has 0 aliphatic carbocycles. The van der Waals surface area contributed by atoms with Crippen molar-refractivity contribution >= 4 is 39.2 Å². The molecular formula is C27H26BrNO3. The van der Waals surface area contributed by atoms with Gasteiger partial charge in [0.2, 0.25) is 0 Å². The van der Waals surface area contributed by atoms with Gasteiger partial charge in [-0.2, -0.15) is 0 Å². The van der Waals surface area contributed by atoms with Crippen molar-refractivity contribution in [2.75, 3.05) is 18.1 Å². The molecule has 0 saturated carbocycles. The number of hydrogen-bond donors (Lipinski definition) is 0. The molecule has 164 valence electrons. The molecule has 0 atom stereocenters. The molecule has 0 bridgehead atoms. The number of benzene rings is 3. The van der Waals surface area contributed by atoms with Gasteiger partial charge in [0.15, 0.2) is 11.5 Å². The van der Waals surface area contributed by atoms with Crippen LogP contribution in [0.1, 0.15) is 37.0 Å². The van der Waals surface area contributed by atoms with Crippen LogP contribution in [0.4, 0.5) is 5.69 Å². The maximum Gasteiger partial charge on any atom is 0.258 e. The molecule has 1 heterocycles. The Labute approximate surface area is 197 Å². The first-order chi connectivity index (χ1) is 15.6. The van der Waals surface area contributed by atoms with Gasteiger partial charge in [-0.25, -0.2) is 0 Å². The molecule has 0 saturated heterocycles. The molecule has 0 N–H and O–H groups in total. The van der Waals surface area contributed by atoms with E-state index in [4.69, 9.17) is 9.47 Å². The summed E-state index contributed by atoms with van der Waals surface area (Å²) >= 11 is 3.67. The first-order valence-electron chi connectivity index (χ1n) is 10.9. The lowest BCUT2D eigenvalue weighted by atomic mass is 10.0. The number of nitrogens with zero attached hydrogens (tertiary/aromatic N) is 1. The Kier molecular flexibility index (Phi) is 6.96. The number of carbonyl (C=O) groups excluding carboxylic acids is 1. The van der Waals surface area contributed by atoms with E-state index in [1.807, 2.05) is 84.6 Å². The van der Waals surface area contributed by atoms with Crippen LogP contribution in [-0.2, 0) is 11.4 Å². The summed E-state index contributed by atoms with van der Waals surface area (Å²) in [6.45, 7) is 5.69. The molecule has 0 aromatic heterocycles. The van der Waals surface area contributed by atoms with E-state index in [1.165, 1.54) is 0 Å². The average molecular weight is 492 g/mol. The minimum absolute atomic E-state index is 0.0299. The Morgan fingerprint density at radius 3 is 2.41 bits per heavy atom. The highest BCUT2D eigenvalue weighted by Crippen LogP contribution is 2.40. The van der Waals surface area contributed by atoms with Crippen molar-refractivity contribution in [3.63, 3.8) is 0 Å². The van der Waals surface area contributed by atoms with Crippen LogP contribution in [0.15, 0.2) is 71.2 Å². The normalized spacial score (nSPS) is 14.0. The van der Waals surface area contributed by atoms with Crippen LogP contribution in [0, 0.1) is 0 Å². The highest BCUT2D eigenvalue weighted by Gasteiger charge is 2.31. The monoisotopic (exact) mass is 491 g/mol. The van der Waals surface area contributed by atoms with Gasteiger partial charge in [0.05, 0.1) is 12.3 Å². The molecule has 1 aliphatic heterocycles. The fraction of sp³-hybridized carbons (Fsp3) is 0.222. The fourth-order valence-corrected chi connectivity index (χ4v) is 4.26. The molecule has 4 rings (SSSR count). The number of carbonyl (C=O) groups is 1. The molecule has 3 aromatic rings. The third-order valence-electron chi connectivity index (χ3n) is 5.31. The fourth-order valence-electron chi connectivity index (χ4n) is 3.83. The summed E-state index contributed by atoms with van der Waals surface area (Å²) in [4.78, 5) is 15.0. The second kappa shape index (κ2) is 10.0. The average Bonchev–Trinajstić information content (AvgIpc) is 3.07. The number of para-hydroxylation sites is 1. The summed E-state index contributed by atoms with van der Waals surface area (Å²) in [6, 6.07) is 21.8. The number of ether oxygens (including phenoxy) is 2. The molecule has 5 heteroatoms. The molecular weight excluding hydrogens is 466 g/mol. The molecule has 1 amide bonds. The van der Waals surface area contributed by atoms with Crippen molar-refractivity contribution in [2.24, 2.45) is 0 Å². The maximum atomic E-state index is 13.2. The number of rotatable bonds is 8. The first-order valence-corrected chi connectivity index (χ1v) is 11.7. The SMILES string of the molecule is CCCN1C(=O)/C(=C\c2cc(OCC)c(OCc3ccccc3)cc2Br)c2ccccc21. The van der Waals surface area contributed by atoms with E-state index in [9.17, 15) is 4.79 Å². The summed E-state index contributed by atoms with van der Waals surface area (Å²) in [5, 5.41) is 0. The van der Waals surface area contributed by atoms with Crippen molar-refractivity contribution in [2.45, 2.75) is 26.9 Å². The minimum Gasteiger partial charge on any atom is -0.490 e. The van der Waals surface area contributed by atoms with Crippen molar-refractivity contribution < 1.29 is 14.3 Å². The highest BCUT2D eigenvalue weighted by molar-refractivity contribution is 9.10. The number of amides is 1. The van der Waals surface area contributed by atoms with Crippen molar-refractivity contribution in [3.05, 3.63) is 87.9 Å². The van der Waals surface area contributed by atoms with Gasteiger partial charge < -0.3 is 14.4 Å². The Morgan fingerprint density at radius 2 is 1.66 bits per heavy atom. The van der Waals surface area contributed by atoms with Crippen molar-refractivity contribution in [3.8, 4) is 11.5 Å². The van der Waals surface area contributed by atoms with Crippen molar-refractivity contribution in [1.82, 2.24) is 0 Å². The van der Waals surface area contributed by atoms with Crippen molar-refractivity contribution in [1.29, 1.82) is 0 Å². The van der Waals surface area contributed by atoms with E-state index in [0.717, 1.165) is 33.3 Å². The van der Waals surface area contributed by atoms with Crippen LogP contribution in [0.3, 0.4) is 0 Å². The van der Waals surface area contributed by atoms with Gasteiger partial charge in [-0.3, -0.25) is 4.79 Å². The van der Waals surface area contributed by atoms with Gasteiger partial charge >= 0.3 is 0 Å². The van der Waals surface area contributed by atoms with Crippen LogP contribution in [-0.4, -0.2) is 19.1 Å². The number of halogens is 1. The zero-order valence-corrected chi connectivity index (χ0v) is 19.9. The first kappa shape index (κ1) is 22.2. The highest BCUT2D eigenvalue weighted by atomic mass is 79.9. The maximum absolute atomic E-state index is 13.2. The van der Waals surface area contributed by atoms with Crippen LogP contribution >= 0.6 is 15.9 Å². The zero-order valence-electron chi connectivity index (χ0n) is 18.3. The van der Waals surface area contributed by atoms with Crippen LogP contribution in [0.25, 0.3) is 11.6 Å².